The Morgan fingerprint density at radius 2 is 2.00 bits per heavy atom. The SMILES string of the molecule is CCC(=O)CCc1ccc(Cl)c(C)c1C(=O)O. The van der Waals surface area contributed by atoms with Crippen LogP contribution in [0.5, 0.6) is 0 Å². The van der Waals surface area contributed by atoms with Gasteiger partial charge >= 0.3 is 5.97 Å². The Kier molecular flexibility index (Phi) is 4.70. The lowest BCUT2D eigenvalue weighted by atomic mass is 9.97. The summed E-state index contributed by atoms with van der Waals surface area (Å²) in [5.41, 5.74) is 1.45. The second-order valence-electron chi connectivity index (χ2n) is 3.90. The van der Waals surface area contributed by atoms with Gasteiger partial charge in [-0.3, -0.25) is 4.79 Å². The van der Waals surface area contributed by atoms with Gasteiger partial charge in [0.2, 0.25) is 0 Å². The number of halogens is 1. The molecule has 0 bridgehead atoms. The normalized spacial score (nSPS) is 10.3. The number of carboxylic acids is 1. The Morgan fingerprint density at radius 1 is 1.35 bits per heavy atom. The molecule has 0 spiro atoms. The molecule has 92 valence electrons. The van der Waals surface area contributed by atoms with Crippen LogP contribution >= 0.6 is 11.6 Å². The molecule has 0 aromatic heterocycles. The molecular weight excluding hydrogens is 240 g/mol. The number of aromatic carboxylic acids is 1. The predicted octanol–water partition coefficient (Wildman–Crippen LogP) is 3.26. The van der Waals surface area contributed by atoms with E-state index in [9.17, 15) is 9.59 Å². The monoisotopic (exact) mass is 254 g/mol. The second-order valence-corrected chi connectivity index (χ2v) is 4.31. The highest BCUT2D eigenvalue weighted by Gasteiger charge is 2.15. The standard InChI is InChI=1S/C13H15ClO3/c1-3-10(15)6-4-9-5-7-11(14)8(2)12(9)13(16)17/h5,7H,3-4,6H2,1-2H3,(H,16,17). The number of hydrogen-bond acceptors (Lipinski definition) is 2. The maximum Gasteiger partial charge on any atom is 0.336 e. The van der Waals surface area contributed by atoms with E-state index in [2.05, 4.69) is 0 Å². The quantitative estimate of drug-likeness (QED) is 0.878. The number of carboxylic acid groups (broad SMARTS) is 1. The van der Waals surface area contributed by atoms with E-state index < -0.39 is 5.97 Å². The van der Waals surface area contributed by atoms with Crippen LogP contribution in [-0.2, 0) is 11.2 Å². The van der Waals surface area contributed by atoms with Crippen molar-refractivity contribution in [3.63, 3.8) is 0 Å². The number of rotatable bonds is 5. The Hall–Kier alpha value is -1.35. The molecule has 1 rings (SSSR count). The number of aryl methyl sites for hydroxylation is 1. The first-order valence-electron chi connectivity index (χ1n) is 5.50. The van der Waals surface area contributed by atoms with Crippen LogP contribution < -0.4 is 0 Å². The molecule has 0 atom stereocenters. The summed E-state index contributed by atoms with van der Waals surface area (Å²) in [5, 5.41) is 9.59. The van der Waals surface area contributed by atoms with Gasteiger partial charge in [-0.2, -0.15) is 0 Å². The topological polar surface area (TPSA) is 54.4 Å². The summed E-state index contributed by atoms with van der Waals surface area (Å²) in [4.78, 5) is 22.4. The zero-order valence-corrected chi connectivity index (χ0v) is 10.7. The summed E-state index contributed by atoms with van der Waals surface area (Å²) in [6.45, 7) is 3.48. The summed E-state index contributed by atoms with van der Waals surface area (Å²) in [6.07, 6.45) is 1.30. The van der Waals surface area contributed by atoms with E-state index >= 15 is 0 Å². The van der Waals surface area contributed by atoms with Gasteiger partial charge in [-0.25, -0.2) is 4.79 Å². The van der Waals surface area contributed by atoms with Crippen LogP contribution in [0.4, 0.5) is 0 Å². The number of carbonyl (C=O) groups excluding carboxylic acids is 1. The lowest BCUT2D eigenvalue weighted by Crippen LogP contribution is -2.07. The first-order valence-corrected chi connectivity index (χ1v) is 5.88. The third-order valence-electron chi connectivity index (χ3n) is 2.77. The molecule has 0 radical (unpaired) electrons. The van der Waals surface area contributed by atoms with Gasteiger partial charge in [-0.05, 0) is 30.5 Å². The number of Topliss-reactive ketones (excluding diaryl/α,β-unsaturated/α-hetero) is 1. The van der Waals surface area contributed by atoms with Crippen molar-refractivity contribution in [1.29, 1.82) is 0 Å². The minimum Gasteiger partial charge on any atom is -0.478 e. The fraction of sp³-hybridized carbons (Fsp3) is 0.385. The fourth-order valence-corrected chi connectivity index (χ4v) is 1.86. The Labute approximate surface area is 105 Å². The van der Waals surface area contributed by atoms with Crippen molar-refractivity contribution in [2.75, 3.05) is 0 Å². The van der Waals surface area contributed by atoms with Gasteiger partial charge in [-0.1, -0.05) is 24.6 Å². The Morgan fingerprint density at radius 3 is 2.53 bits per heavy atom. The van der Waals surface area contributed by atoms with E-state index in [-0.39, 0.29) is 11.3 Å². The zero-order valence-electron chi connectivity index (χ0n) is 9.92. The third-order valence-corrected chi connectivity index (χ3v) is 3.18. The largest absolute Gasteiger partial charge is 0.478 e. The van der Waals surface area contributed by atoms with Crippen molar-refractivity contribution in [2.24, 2.45) is 0 Å². The van der Waals surface area contributed by atoms with E-state index in [0.29, 0.717) is 35.4 Å². The Bertz CT molecular complexity index is 452. The summed E-state index contributed by atoms with van der Waals surface area (Å²) >= 11 is 5.89. The smallest absolute Gasteiger partial charge is 0.336 e. The first-order chi connectivity index (χ1) is 7.97. The van der Waals surface area contributed by atoms with Crippen molar-refractivity contribution in [1.82, 2.24) is 0 Å². The zero-order chi connectivity index (χ0) is 13.0. The lowest BCUT2D eigenvalue weighted by molar-refractivity contribution is -0.118. The fourth-order valence-electron chi connectivity index (χ4n) is 1.70. The molecule has 3 nitrogen and oxygen atoms in total. The maximum atomic E-state index is 11.2. The van der Waals surface area contributed by atoms with Crippen molar-refractivity contribution in [3.05, 3.63) is 33.8 Å². The predicted molar refractivity (Wildman–Crippen MR) is 66.8 cm³/mol. The summed E-state index contributed by atoms with van der Waals surface area (Å²) in [6, 6.07) is 3.36. The van der Waals surface area contributed by atoms with Crippen LogP contribution in [0.1, 0.15) is 41.3 Å². The molecule has 0 aliphatic rings. The first kappa shape index (κ1) is 13.7. The van der Waals surface area contributed by atoms with Crippen LogP contribution in [0, 0.1) is 6.92 Å². The van der Waals surface area contributed by atoms with E-state index in [1.165, 1.54) is 0 Å². The molecule has 4 heteroatoms. The van der Waals surface area contributed by atoms with Gasteiger partial charge in [0.25, 0.3) is 0 Å². The van der Waals surface area contributed by atoms with E-state index in [1.807, 2.05) is 0 Å². The molecule has 1 aromatic rings. The average Bonchev–Trinajstić information content (AvgIpc) is 2.29. The van der Waals surface area contributed by atoms with Crippen LogP contribution in [-0.4, -0.2) is 16.9 Å². The molecule has 0 saturated heterocycles. The molecule has 0 unspecified atom stereocenters. The van der Waals surface area contributed by atoms with Gasteiger partial charge < -0.3 is 5.11 Å². The van der Waals surface area contributed by atoms with E-state index in [4.69, 9.17) is 16.7 Å². The highest BCUT2D eigenvalue weighted by atomic mass is 35.5. The lowest BCUT2D eigenvalue weighted by Gasteiger charge is -2.09. The summed E-state index contributed by atoms with van der Waals surface area (Å²) in [5.74, 6) is -0.863. The molecule has 0 saturated carbocycles. The van der Waals surface area contributed by atoms with Crippen LogP contribution in [0.3, 0.4) is 0 Å². The van der Waals surface area contributed by atoms with E-state index in [1.54, 1.807) is 26.0 Å². The number of hydrogen-bond donors (Lipinski definition) is 1. The van der Waals surface area contributed by atoms with E-state index in [0.717, 1.165) is 0 Å². The minimum atomic E-state index is -0.996. The van der Waals surface area contributed by atoms with Crippen LogP contribution in [0.15, 0.2) is 12.1 Å². The summed E-state index contributed by atoms with van der Waals surface area (Å²) < 4.78 is 0. The maximum absolute atomic E-state index is 11.2. The number of benzene rings is 1. The molecule has 1 N–H and O–H groups in total. The van der Waals surface area contributed by atoms with Gasteiger partial charge in [0, 0.05) is 17.9 Å². The molecule has 0 amide bonds. The molecule has 17 heavy (non-hydrogen) atoms. The highest BCUT2D eigenvalue weighted by molar-refractivity contribution is 6.31. The van der Waals surface area contributed by atoms with Gasteiger partial charge in [0.05, 0.1) is 5.56 Å². The molecule has 0 aliphatic heterocycles. The summed E-state index contributed by atoms with van der Waals surface area (Å²) in [7, 11) is 0. The van der Waals surface area contributed by atoms with Crippen molar-refractivity contribution < 1.29 is 14.7 Å². The minimum absolute atomic E-state index is 0.133. The Balaban J connectivity index is 3.03. The number of ketones is 1. The van der Waals surface area contributed by atoms with Crippen molar-refractivity contribution in [2.45, 2.75) is 33.1 Å². The third kappa shape index (κ3) is 3.30. The molecule has 1 aromatic carbocycles. The molecule has 0 heterocycles. The van der Waals surface area contributed by atoms with Crippen LogP contribution in [0.2, 0.25) is 5.02 Å². The van der Waals surface area contributed by atoms with Gasteiger partial charge in [0.15, 0.2) is 0 Å². The van der Waals surface area contributed by atoms with Crippen molar-refractivity contribution >= 4 is 23.4 Å². The molecular formula is C13H15ClO3. The van der Waals surface area contributed by atoms with Gasteiger partial charge in [-0.15, -0.1) is 0 Å². The molecule has 0 fully saturated rings. The number of carbonyl (C=O) groups is 2. The highest BCUT2D eigenvalue weighted by Crippen LogP contribution is 2.24. The van der Waals surface area contributed by atoms with Crippen LogP contribution in [0.25, 0.3) is 0 Å². The van der Waals surface area contributed by atoms with Crippen molar-refractivity contribution in [3.8, 4) is 0 Å². The average molecular weight is 255 g/mol. The second kappa shape index (κ2) is 5.82. The van der Waals surface area contributed by atoms with Gasteiger partial charge in [0.1, 0.15) is 5.78 Å². The molecule has 0 aliphatic carbocycles.